The van der Waals surface area contributed by atoms with E-state index in [1.165, 1.54) is 12.1 Å². The van der Waals surface area contributed by atoms with E-state index in [9.17, 15) is 9.18 Å². The van der Waals surface area contributed by atoms with Crippen molar-refractivity contribution in [3.05, 3.63) is 71.0 Å². The molecule has 2 fully saturated rings. The van der Waals surface area contributed by atoms with E-state index in [1.807, 2.05) is 26.0 Å². The predicted molar refractivity (Wildman–Crippen MR) is 121 cm³/mol. The van der Waals surface area contributed by atoms with Crippen LogP contribution in [0.15, 0.2) is 48.5 Å². The summed E-state index contributed by atoms with van der Waals surface area (Å²) >= 11 is 0. The highest BCUT2D eigenvalue weighted by atomic mass is 19.1. The standard InChI is InChI=1S/C26H29FN2O5/c1-25(2)33-22-13-26(24(30)29-3,32-16-19-8-10-20(27)11-9-19)12-21(23(22)34-25)31-15-18-6-4-17(14-28)5-7-18/h4-11,21-23H,12-13,15-16H2,1-3H3,(H,29,30)/t21?,22-,23+,26-/m1/s1. The number of nitrogens with zero attached hydrogens (tertiary/aromatic N) is 1. The number of carbonyl (C=O) groups excluding carboxylic acids is 1. The van der Waals surface area contributed by atoms with Crippen LogP contribution in [0.1, 0.15) is 43.4 Å². The fourth-order valence-corrected chi connectivity index (χ4v) is 4.62. The Bertz CT molecular complexity index is 1050. The van der Waals surface area contributed by atoms with E-state index in [4.69, 9.17) is 24.2 Å². The smallest absolute Gasteiger partial charge is 0.252 e. The third-order valence-electron chi connectivity index (χ3n) is 6.27. The second-order valence-electron chi connectivity index (χ2n) is 9.19. The number of ether oxygens (including phenoxy) is 4. The summed E-state index contributed by atoms with van der Waals surface area (Å²) in [5.74, 6) is -1.42. The van der Waals surface area contributed by atoms with Crippen molar-refractivity contribution < 1.29 is 28.1 Å². The molecule has 1 amide bonds. The van der Waals surface area contributed by atoms with Gasteiger partial charge in [-0.25, -0.2) is 4.39 Å². The largest absolute Gasteiger partial charge is 0.371 e. The summed E-state index contributed by atoms with van der Waals surface area (Å²) in [4.78, 5) is 13.1. The highest BCUT2D eigenvalue weighted by Crippen LogP contribution is 2.44. The van der Waals surface area contributed by atoms with Crippen molar-refractivity contribution in [2.75, 3.05) is 7.05 Å². The molecule has 4 atom stereocenters. The molecule has 2 aromatic rings. The van der Waals surface area contributed by atoms with E-state index < -0.39 is 23.6 Å². The summed E-state index contributed by atoms with van der Waals surface area (Å²) in [5, 5.41) is 11.7. The number of likely N-dealkylation sites (N-methyl/N-ethyl adjacent to an activating group) is 1. The van der Waals surface area contributed by atoms with Gasteiger partial charge in [-0.1, -0.05) is 24.3 Å². The molecular formula is C26H29FN2O5. The van der Waals surface area contributed by atoms with Gasteiger partial charge < -0.3 is 24.3 Å². The molecule has 180 valence electrons. The van der Waals surface area contributed by atoms with Crippen LogP contribution in [0.2, 0.25) is 0 Å². The van der Waals surface area contributed by atoms with Gasteiger partial charge in [0.1, 0.15) is 11.9 Å². The predicted octanol–water partition coefficient (Wildman–Crippen LogP) is 3.60. The lowest BCUT2D eigenvalue weighted by Crippen LogP contribution is -2.59. The van der Waals surface area contributed by atoms with Crippen LogP contribution in [-0.4, -0.2) is 42.7 Å². The quantitative estimate of drug-likeness (QED) is 0.668. The van der Waals surface area contributed by atoms with Crippen molar-refractivity contribution in [3.63, 3.8) is 0 Å². The number of hydrogen-bond donors (Lipinski definition) is 1. The van der Waals surface area contributed by atoms with Gasteiger partial charge in [-0.05, 0) is 49.2 Å². The van der Waals surface area contributed by atoms with Gasteiger partial charge in [-0.3, -0.25) is 4.79 Å². The SMILES string of the molecule is CNC(=O)[C@@]1(OCc2ccc(F)cc2)CC(OCc2ccc(C#N)cc2)[C@@H]2OC(C)(C)O[C@@H]2C1. The zero-order chi connectivity index (χ0) is 24.3. The Morgan fingerprint density at radius 3 is 2.38 bits per heavy atom. The molecule has 0 spiro atoms. The Balaban J connectivity index is 1.56. The molecule has 1 heterocycles. The molecule has 7 nitrogen and oxygen atoms in total. The maximum atomic E-state index is 13.3. The first-order valence-electron chi connectivity index (χ1n) is 11.3. The van der Waals surface area contributed by atoms with Crippen LogP contribution in [0.4, 0.5) is 4.39 Å². The Morgan fingerprint density at radius 1 is 1.09 bits per heavy atom. The van der Waals surface area contributed by atoms with Crippen molar-refractivity contribution in [3.8, 4) is 6.07 Å². The first-order chi connectivity index (χ1) is 16.2. The monoisotopic (exact) mass is 468 g/mol. The minimum atomic E-state index is -1.20. The van der Waals surface area contributed by atoms with Gasteiger partial charge >= 0.3 is 0 Å². The lowest BCUT2D eigenvalue weighted by molar-refractivity contribution is -0.183. The molecule has 1 N–H and O–H groups in total. The molecular weight excluding hydrogens is 439 g/mol. The fourth-order valence-electron chi connectivity index (χ4n) is 4.62. The van der Waals surface area contributed by atoms with Gasteiger partial charge in [0.2, 0.25) is 0 Å². The Morgan fingerprint density at radius 2 is 1.74 bits per heavy atom. The van der Waals surface area contributed by atoms with Crippen LogP contribution >= 0.6 is 0 Å². The number of hydrogen-bond acceptors (Lipinski definition) is 6. The minimum Gasteiger partial charge on any atom is -0.371 e. The maximum Gasteiger partial charge on any atom is 0.252 e. The van der Waals surface area contributed by atoms with Crippen molar-refractivity contribution in [1.82, 2.24) is 5.32 Å². The summed E-state index contributed by atoms with van der Waals surface area (Å²) in [6.07, 6.45) is -0.661. The van der Waals surface area contributed by atoms with Gasteiger partial charge in [0.15, 0.2) is 11.4 Å². The van der Waals surface area contributed by atoms with E-state index in [0.717, 1.165) is 11.1 Å². The van der Waals surface area contributed by atoms with Gasteiger partial charge in [-0.2, -0.15) is 5.26 Å². The number of nitrogens with one attached hydrogen (secondary N) is 1. The molecule has 1 aliphatic carbocycles. The summed E-state index contributed by atoms with van der Waals surface area (Å²) in [7, 11) is 1.57. The van der Waals surface area contributed by atoms with Crippen LogP contribution in [-0.2, 0) is 37.0 Å². The normalized spacial score (nSPS) is 27.6. The van der Waals surface area contributed by atoms with E-state index in [-0.39, 0.29) is 37.5 Å². The molecule has 0 radical (unpaired) electrons. The number of benzene rings is 2. The molecule has 2 aliphatic rings. The number of rotatable bonds is 7. The average Bonchev–Trinajstić information content (AvgIpc) is 3.15. The maximum absolute atomic E-state index is 13.3. The number of fused-ring (bicyclic) bond motifs is 1. The second-order valence-corrected chi connectivity index (χ2v) is 9.19. The first-order valence-corrected chi connectivity index (χ1v) is 11.3. The number of halogens is 1. The molecule has 0 aromatic heterocycles. The van der Waals surface area contributed by atoms with Crippen molar-refractivity contribution in [2.24, 2.45) is 0 Å². The average molecular weight is 469 g/mol. The third-order valence-corrected chi connectivity index (χ3v) is 6.27. The molecule has 2 aromatic carbocycles. The Kier molecular flexibility index (Phi) is 7.01. The summed E-state index contributed by atoms with van der Waals surface area (Å²) in [5.41, 5.74) is 1.02. The van der Waals surface area contributed by atoms with Crippen LogP contribution in [0.25, 0.3) is 0 Å². The highest BCUT2D eigenvalue weighted by molar-refractivity contribution is 5.85. The lowest BCUT2D eigenvalue weighted by Gasteiger charge is -2.43. The van der Waals surface area contributed by atoms with E-state index in [0.29, 0.717) is 12.0 Å². The molecule has 1 unspecified atom stereocenters. The van der Waals surface area contributed by atoms with Crippen molar-refractivity contribution >= 4 is 5.91 Å². The number of carbonyl (C=O) groups is 1. The van der Waals surface area contributed by atoms with Gasteiger partial charge in [0.25, 0.3) is 5.91 Å². The molecule has 34 heavy (non-hydrogen) atoms. The third kappa shape index (κ3) is 5.29. The van der Waals surface area contributed by atoms with E-state index in [1.54, 1.807) is 31.3 Å². The van der Waals surface area contributed by atoms with Crippen molar-refractivity contribution in [2.45, 2.75) is 69.6 Å². The molecule has 4 rings (SSSR count). The van der Waals surface area contributed by atoms with Gasteiger partial charge in [-0.15, -0.1) is 0 Å². The van der Waals surface area contributed by atoms with Crippen LogP contribution in [0.3, 0.4) is 0 Å². The van der Waals surface area contributed by atoms with E-state index in [2.05, 4.69) is 11.4 Å². The van der Waals surface area contributed by atoms with Gasteiger partial charge in [0, 0.05) is 19.9 Å². The number of amides is 1. The summed E-state index contributed by atoms with van der Waals surface area (Å²) in [6.45, 7) is 4.09. The molecule has 8 heteroatoms. The second kappa shape index (κ2) is 9.80. The van der Waals surface area contributed by atoms with E-state index >= 15 is 0 Å². The lowest BCUT2D eigenvalue weighted by atomic mass is 9.78. The molecule has 0 bridgehead atoms. The molecule has 1 saturated heterocycles. The summed E-state index contributed by atoms with van der Waals surface area (Å²) < 4.78 is 38.1. The Hall–Kier alpha value is -2.83. The van der Waals surface area contributed by atoms with Crippen LogP contribution in [0.5, 0.6) is 0 Å². The zero-order valence-electron chi connectivity index (χ0n) is 19.5. The molecule has 1 aliphatic heterocycles. The highest BCUT2D eigenvalue weighted by Gasteiger charge is 2.57. The Labute approximate surface area is 198 Å². The zero-order valence-corrected chi connectivity index (χ0v) is 19.5. The topological polar surface area (TPSA) is 89.8 Å². The van der Waals surface area contributed by atoms with Crippen LogP contribution in [0, 0.1) is 17.1 Å². The summed E-state index contributed by atoms with van der Waals surface area (Å²) in [6, 6.07) is 15.2. The van der Waals surface area contributed by atoms with Crippen LogP contribution < -0.4 is 5.32 Å². The van der Waals surface area contributed by atoms with Crippen molar-refractivity contribution in [1.29, 1.82) is 5.26 Å². The first kappa shape index (κ1) is 24.3. The number of nitriles is 1. The van der Waals surface area contributed by atoms with Gasteiger partial charge in [0.05, 0.1) is 37.1 Å². The fraction of sp³-hybridized carbons (Fsp3) is 0.462. The minimum absolute atomic E-state index is 0.137. The molecule has 1 saturated carbocycles.